The maximum Gasteiger partial charge on any atom is 0.307 e. The number of hydrogen-bond acceptors (Lipinski definition) is 4. The maximum atomic E-state index is 12.3. The molecule has 2 rings (SSSR count). The summed E-state index contributed by atoms with van der Waals surface area (Å²) in [5.41, 5.74) is 0.461. The molecular formula is C15H18N2O4. The van der Waals surface area contributed by atoms with Gasteiger partial charge in [0.05, 0.1) is 18.4 Å². The number of nitrogens with one attached hydrogen (secondary N) is 1. The lowest BCUT2D eigenvalue weighted by Gasteiger charge is -2.24. The number of hydrogen-bond donors (Lipinski definition) is 2. The minimum Gasteiger partial charge on any atom is -0.481 e. The molecule has 112 valence electrons. The van der Waals surface area contributed by atoms with Gasteiger partial charge in [0.15, 0.2) is 0 Å². The van der Waals surface area contributed by atoms with E-state index in [-0.39, 0.29) is 5.91 Å². The largest absolute Gasteiger partial charge is 0.481 e. The van der Waals surface area contributed by atoms with Crippen molar-refractivity contribution in [3.8, 4) is 5.88 Å². The highest BCUT2D eigenvalue weighted by Crippen LogP contribution is 2.28. The van der Waals surface area contributed by atoms with E-state index in [0.29, 0.717) is 31.0 Å². The number of pyridine rings is 1. The lowest BCUT2D eigenvalue weighted by atomic mass is 9.82. The number of aliphatic carboxylic acids is 1. The minimum absolute atomic E-state index is 0.319. The lowest BCUT2D eigenvalue weighted by Crippen LogP contribution is -2.34. The Morgan fingerprint density at radius 3 is 2.76 bits per heavy atom. The Labute approximate surface area is 122 Å². The SMILES string of the molecule is CCOc1ncccc1NC(=O)[C@@H]1CC=CC[C@@H]1C(=O)O. The van der Waals surface area contributed by atoms with Gasteiger partial charge in [-0.25, -0.2) is 4.98 Å². The van der Waals surface area contributed by atoms with Gasteiger partial charge in [0.25, 0.3) is 0 Å². The molecule has 0 aromatic carbocycles. The van der Waals surface area contributed by atoms with Crippen LogP contribution in [-0.4, -0.2) is 28.6 Å². The Kier molecular flexibility index (Phi) is 4.92. The standard InChI is InChI=1S/C15H18N2O4/c1-2-21-14-12(8-5-9-16-14)17-13(18)10-6-3-4-7-11(10)15(19)20/h3-5,8-11H,2,6-7H2,1H3,(H,17,18)(H,19,20)/t10-,11+/m1/s1. The Morgan fingerprint density at radius 2 is 2.10 bits per heavy atom. The van der Waals surface area contributed by atoms with Gasteiger partial charge in [0.2, 0.25) is 11.8 Å². The number of ether oxygens (including phenoxy) is 1. The monoisotopic (exact) mass is 290 g/mol. The highest BCUT2D eigenvalue weighted by molar-refractivity contribution is 5.96. The lowest BCUT2D eigenvalue weighted by molar-refractivity contribution is -0.146. The number of amides is 1. The molecule has 2 N–H and O–H groups in total. The van der Waals surface area contributed by atoms with Crippen molar-refractivity contribution in [2.75, 3.05) is 11.9 Å². The fourth-order valence-corrected chi connectivity index (χ4v) is 2.34. The number of anilines is 1. The number of nitrogens with zero attached hydrogens (tertiary/aromatic N) is 1. The van der Waals surface area contributed by atoms with Gasteiger partial charge in [0, 0.05) is 6.20 Å². The quantitative estimate of drug-likeness (QED) is 0.811. The van der Waals surface area contributed by atoms with Crippen LogP contribution in [0.5, 0.6) is 5.88 Å². The van der Waals surface area contributed by atoms with Crippen LogP contribution >= 0.6 is 0 Å². The summed E-state index contributed by atoms with van der Waals surface area (Å²) in [6, 6.07) is 3.37. The van der Waals surface area contributed by atoms with Gasteiger partial charge in [-0.1, -0.05) is 12.2 Å². The van der Waals surface area contributed by atoms with E-state index in [1.54, 1.807) is 24.4 Å². The van der Waals surface area contributed by atoms with Crippen LogP contribution in [0, 0.1) is 11.8 Å². The van der Waals surface area contributed by atoms with Crippen molar-refractivity contribution in [3.05, 3.63) is 30.5 Å². The summed E-state index contributed by atoms with van der Waals surface area (Å²) in [6.07, 6.45) is 6.02. The van der Waals surface area contributed by atoms with Gasteiger partial charge in [-0.15, -0.1) is 0 Å². The van der Waals surface area contributed by atoms with E-state index in [1.807, 2.05) is 13.0 Å². The van der Waals surface area contributed by atoms with Gasteiger partial charge >= 0.3 is 5.97 Å². The van der Waals surface area contributed by atoms with E-state index in [9.17, 15) is 14.7 Å². The van der Waals surface area contributed by atoms with E-state index in [4.69, 9.17) is 4.74 Å². The van der Waals surface area contributed by atoms with Crippen molar-refractivity contribution >= 4 is 17.6 Å². The summed E-state index contributed by atoms with van der Waals surface area (Å²) in [4.78, 5) is 27.6. The number of aromatic nitrogens is 1. The van der Waals surface area contributed by atoms with Crippen LogP contribution in [0.4, 0.5) is 5.69 Å². The predicted molar refractivity (Wildman–Crippen MR) is 77.0 cm³/mol. The molecule has 0 saturated carbocycles. The first-order valence-corrected chi connectivity index (χ1v) is 6.90. The first kappa shape index (κ1) is 15.0. The summed E-state index contributed by atoms with van der Waals surface area (Å²) in [6.45, 7) is 2.26. The van der Waals surface area contributed by atoms with Crippen molar-refractivity contribution in [3.63, 3.8) is 0 Å². The second kappa shape index (κ2) is 6.88. The summed E-state index contributed by atoms with van der Waals surface area (Å²) < 4.78 is 5.34. The Bertz CT molecular complexity index is 556. The number of carboxylic acids is 1. The number of carboxylic acid groups (broad SMARTS) is 1. The van der Waals surface area contributed by atoms with Crippen molar-refractivity contribution in [2.45, 2.75) is 19.8 Å². The topological polar surface area (TPSA) is 88.5 Å². The normalized spacial score (nSPS) is 20.8. The average Bonchev–Trinajstić information content (AvgIpc) is 2.49. The van der Waals surface area contributed by atoms with Gasteiger partial charge in [-0.3, -0.25) is 9.59 Å². The molecule has 0 spiro atoms. The molecule has 2 atom stereocenters. The summed E-state index contributed by atoms with van der Waals surface area (Å²) in [5, 5.41) is 11.9. The van der Waals surface area contributed by atoms with Crippen LogP contribution < -0.4 is 10.1 Å². The van der Waals surface area contributed by atoms with Gasteiger partial charge in [-0.2, -0.15) is 0 Å². The molecule has 6 heteroatoms. The highest BCUT2D eigenvalue weighted by atomic mass is 16.5. The summed E-state index contributed by atoms with van der Waals surface area (Å²) in [5.74, 6) is -2.20. The Hall–Kier alpha value is -2.37. The molecule has 0 aliphatic heterocycles. The highest BCUT2D eigenvalue weighted by Gasteiger charge is 2.34. The Morgan fingerprint density at radius 1 is 1.38 bits per heavy atom. The van der Waals surface area contributed by atoms with E-state index in [0.717, 1.165) is 0 Å². The third-order valence-electron chi connectivity index (χ3n) is 3.40. The predicted octanol–water partition coefficient (Wildman–Crippen LogP) is 2.09. The van der Waals surface area contributed by atoms with Crippen molar-refractivity contribution < 1.29 is 19.4 Å². The van der Waals surface area contributed by atoms with Gasteiger partial charge in [-0.05, 0) is 31.9 Å². The van der Waals surface area contributed by atoms with E-state index in [2.05, 4.69) is 10.3 Å². The zero-order chi connectivity index (χ0) is 15.2. The third-order valence-corrected chi connectivity index (χ3v) is 3.40. The molecule has 1 aromatic heterocycles. The number of carbonyl (C=O) groups excluding carboxylic acids is 1. The van der Waals surface area contributed by atoms with Crippen molar-refractivity contribution in [1.29, 1.82) is 0 Å². The Balaban J connectivity index is 2.14. The van der Waals surface area contributed by atoms with Crippen LogP contribution in [0.2, 0.25) is 0 Å². The fourth-order valence-electron chi connectivity index (χ4n) is 2.34. The third kappa shape index (κ3) is 3.59. The number of carbonyl (C=O) groups is 2. The zero-order valence-corrected chi connectivity index (χ0v) is 11.8. The molecular weight excluding hydrogens is 272 g/mol. The van der Waals surface area contributed by atoms with E-state index < -0.39 is 17.8 Å². The van der Waals surface area contributed by atoms with Crippen LogP contribution in [0.1, 0.15) is 19.8 Å². The van der Waals surface area contributed by atoms with Gasteiger partial charge < -0.3 is 15.2 Å². The molecule has 1 heterocycles. The van der Waals surface area contributed by atoms with E-state index >= 15 is 0 Å². The molecule has 6 nitrogen and oxygen atoms in total. The summed E-state index contributed by atoms with van der Waals surface area (Å²) in [7, 11) is 0. The molecule has 0 fully saturated rings. The molecule has 21 heavy (non-hydrogen) atoms. The molecule has 1 aromatic rings. The first-order valence-electron chi connectivity index (χ1n) is 6.90. The smallest absolute Gasteiger partial charge is 0.307 e. The van der Waals surface area contributed by atoms with Crippen LogP contribution in [-0.2, 0) is 9.59 Å². The second-order valence-corrected chi connectivity index (χ2v) is 4.77. The maximum absolute atomic E-state index is 12.3. The molecule has 1 amide bonds. The number of allylic oxidation sites excluding steroid dienone is 2. The van der Waals surface area contributed by atoms with Crippen LogP contribution in [0.3, 0.4) is 0 Å². The summed E-state index contributed by atoms with van der Waals surface area (Å²) >= 11 is 0. The first-order chi connectivity index (χ1) is 10.1. The van der Waals surface area contributed by atoms with Crippen LogP contribution in [0.15, 0.2) is 30.5 Å². The molecule has 1 aliphatic rings. The fraction of sp³-hybridized carbons (Fsp3) is 0.400. The number of rotatable bonds is 5. The molecule has 0 saturated heterocycles. The minimum atomic E-state index is -0.948. The van der Waals surface area contributed by atoms with Crippen molar-refractivity contribution in [1.82, 2.24) is 4.98 Å². The molecule has 0 bridgehead atoms. The van der Waals surface area contributed by atoms with Gasteiger partial charge in [0.1, 0.15) is 5.69 Å². The van der Waals surface area contributed by atoms with Crippen LogP contribution in [0.25, 0.3) is 0 Å². The molecule has 0 radical (unpaired) electrons. The average molecular weight is 290 g/mol. The zero-order valence-electron chi connectivity index (χ0n) is 11.8. The second-order valence-electron chi connectivity index (χ2n) is 4.77. The van der Waals surface area contributed by atoms with Crippen molar-refractivity contribution in [2.24, 2.45) is 11.8 Å². The molecule has 0 unspecified atom stereocenters. The molecule has 1 aliphatic carbocycles. The van der Waals surface area contributed by atoms with E-state index in [1.165, 1.54) is 0 Å².